The van der Waals surface area contributed by atoms with Gasteiger partial charge in [0.2, 0.25) is 21.8 Å². The van der Waals surface area contributed by atoms with E-state index in [4.69, 9.17) is 5.73 Å². The molecule has 10 heteroatoms. The molecule has 1 aromatic carbocycles. The molecular formula is C18H29ClN4O4S. The van der Waals surface area contributed by atoms with E-state index in [9.17, 15) is 18.0 Å². The van der Waals surface area contributed by atoms with Crippen LogP contribution in [0, 0.1) is 0 Å². The molecule has 8 nitrogen and oxygen atoms in total. The Balaban J connectivity index is 0.00000392. The highest BCUT2D eigenvalue weighted by atomic mass is 35.5. The summed E-state index contributed by atoms with van der Waals surface area (Å²) in [7, 11) is -3.59. The van der Waals surface area contributed by atoms with Gasteiger partial charge in [-0.25, -0.2) is 8.42 Å². The third-order valence-corrected chi connectivity index (χ3v) is 6.48. The lowest BCUT2D eigenvalue weighted by Gasteiger charge is -2.34. The molecule has 0 saturated carbocycles. The van der Waals surface area contributed by atoms with Gasteiger partial charge in [0, 0.05) is 26.2 Å². The average Bonchev–Trinajstić information content (AvgIpc) is 2.65. The third-order valence-electron chi connectivity index (χ3n) is 4.57. The number of piperazine rings is 1. The zero-order chi connectivity index (χ0) is 20.2. The fraction of sp³-hybridized carbons (Fsp3) is 0.556. The van der Waals surface area contributed by atoms with Gasteiger partial charge in [-0.05, 0) is 23.1 Å². The van der Waals surface area contributed by atoms with E-state index in [1.165, 1.54) is 4.31 Å². The molecule has 3 N–H and O–H groups in total. The van der Waals surface area contributed by atoms with Gasteiger partial charge in [-0.15, -0.1) is 12.4 Å². The van der Waals surface area contributed by atoms with Gasteiger partial charge in [0.05, 0.1) is 18.0 Å². The number of hydrogen-bond acceptors (Lipinski definition) is 5. The Morgan fingerprint density at radius 3 is 2.07 bits per heavy atom. The predicted octanol–water partition coefficient (Wildman–Crippen LogP) is 0.314. The van der Waals surface area contributed by atoms with Crippen molar-refractivity contribution in [2.75, 3.05) is 39.3 Å². The molecule has 0 radical (unpaired) electrons. The van der Waals surface area contributed by atoms with Crippen molar-refractivity contribution in [3.63, 3.8) is 0 Å². The van der Waals surface area contributed by atoms with Crippen molar-refractivity contribution in [3.05, 3.63) is 29.8 Å². The van der Waals surface area contributed by atoms with Gasteiger partial charge in [-0.1, -0.05) is 32.9 Å². The van der Waals surface area contributed by atoms with Gasteiger partial charge in [0.25, 0.3) is 0 Å². The number of sulfonamides is 1. The first-order valence-corrected chi connectivity index (χ1v) is 10.3. The largest absolute Gasteiger partial charge is 0.346 e. The lowest BCUT2D eigenvalue weighted by Crippen LogP contribution is -2.52. The number of carbonyl (C=O) groups is 2. The standard InChI is InChI=1S/C18H28N4O4S.ClH/c1-18(2,3)14-4-6-15(7-5-14)27(25,26)22-10-8-21(9-11-22)17(24)13-20-16(23)12-19;/h4-7H,8-13,19H2,1-3H3,(H,20,23);1H. The molecule has 0 bridgehead atoms. The number of nitrogens with two attached hydrogens (primary N) is 1. The smallest absolute Gasteiger partial charge is 0.243 e. The SMILES string of the molecule is CC(C)(C)c1ccc(S(=O)(=O)N2CCN(C(=O)CNC(=O)CN)CC2)cc1.Cl. The highest BCUT2D eigenvalue weighted by Crippen LogP contribution is 2.25. The molecule has 1 aliphatic rings. The summed E-state index contributed by atoms with van der Waals surface area (Å²) in [4.78, 5) is 25.0. The first-order chi connectivity index (χ1) is 12.6. The van der Waals surface area contributed by atoms with E-state index >= 15 is 0 Å². The molecule has 0 aliphatic carbocycles. The predicted molar refractivity (Wildman–Crippen MR) is 110 cm³/mol. The first-order valence-electron chi connectivity index (χ1n) is 8.91. The van der Waals surface area contributed by atoms with Crippen molar-refractivity contribution in [1.82, 2.24) is 14.5 Å². The molecular weight excluding hydrogens is 404 g/mol. The molecule has 0 spiro atoms. The molecule has 0 unspecified atom stereocenters. The zero-order valence-corrected chi connectivity index (χ0v) is 18.1. The minimum atomic E-state index is -3.59. The third kappa shape index (κ3) is 5.91. The van der Waals surface area contributed by atoms with E-state index in [1.807, 2.05) is 12.1 Å². The van der Waals surface area contributed by atoms with Crippen LogP contribution in [0.1, 0.15) is 26.3 Å². The van der Waals surface area contributed by atoms with Gasteiger partial charge in [0.1, 0.15) is 0 Å². The average molecular weight is 433 g/mol. The Bertz CT molecular complexity index is 783. The van der Waals surface area contributed by atoms with Crippen LogP contribution in [0.5, 0.6) is 0 Å². The summed E-state index contributed by atoms with van der Waals surface area (Å²) in [6.07, 6.45) is 0. The molecule has 28 heavy (non-hydrogen) atoms. The van der Waals surface area contributed by atoms with Crippen LogP contribution in [0.25, 0.3) is 0 Å². The van der Waals surface area contributed by atoms with E-state index in [0.29, 0.717) is 0 Å². The minimum absolute atomic E-state index is 0. The lowest BCUT2D eigenvalue weighted by atomic mass is 9.87. The molecule has 158 valence electrons. The fourth-order valence-electron chi connectivity index (χ4n) is 2.81. The van der Waals surface area contributed by atoms with Gasteiger partial charge in [-0.2, -0.15) is 4.31 Å². The van der Waals surface area contributed by atoms with Crippen molar-refractivity contribution in [2.45, 2.75) is 31.1 Å². The molecule has 1 fully saturated rings. The van der Waals surface area contributed by atoms with Crippen LogP contribution in [0.3, 0.4) is 0 Å². The number of nitrogens with zero attached hydrogens (tertiary/aromatic N) is 2. The number of rotatable bonds is 5. The Labute approximate surface area is 172 Å². The highest BCUT2D eigenvalue weighted by Gasteiger charge is 2.30. The van der Waals surface area contributed by atoms with Crippen LogP contribution < -0.4 is 11.1 Å². The summed E-state index contributed by atoms with van der Waals surface area (Å²) in [5, 5.41) is 2.43. The minimum Gasteiger partial charge on any atom is -0.346 e. The summed E-state index contributed by atoms with van der Waals surface area (Å²) in [5.41, 5.74) is 6.20. The maximum absolute atomic E-state index is 12.8. The van der Waals surface area contributed by atoms with Gasteiger partial charge >= 0.3 is 0 Å². The van der Waals surface area contributed by atoms with Crippen LogP contribution in [0.2, 0.25) is 0 Å². The number of halogens is 1. The Morgan fingerprint density at radius 2 is 1.61 bits per heavy atom. The molecule has 0 atom stereocenters. The summed E-state index contributed by atoms with van der Waals surface area (Å²) < 4.78 is 27.1. The van der Waals surface area contributed by atoms with E-state index in [2.05, 4.69) is 26.1 Å². The number of hydrogen-bond donors (Lipinski definition) is 2. The molecule has 1 heterocycles. The van der Waals surface area contributed by atoms with Crippen molar-refractivity contribution in [2.24, 2.45) is 5.73 Å². The van der Waals surface area contributed by atoms with Gasteiger partial charge < -0.3 is 16.0 Å². The van der Waals surface area contributed by atoms with E-state index in [0.717, 1.165) is 5.56 Å². The summed E-state index contributed by atoms with van der Waals surface area (Å²) >= 11 is 0. The Kier molecular flexibility index (Phi) is 8.43. The Hall–Kier alpha value is -1.68. The van der Waals surface area contributed by atoms with Crippen LogP contribution in [0.15, 0.2) is 29.2 Å². The summed E-state index contributed by atoms with van der Waals surface area (Å²) in [6, 6.07) is 6.95. The topological polar surface area (TPSA) is 113 Å². The zero-order valence-electron chi connectivity index (χ0n) is 16.5. The van der Waals surface area contributed by atoms with Crippen LogP contribution in [-0.2, 0) is 25.0 Å². The number of carbonyl (C=O) groups excluding carboxylic acids is 2. The monoisotopic (exact) mass is 432 g/mol. The molecule has 1 aromatic rings. The second kappa shape index (κ2) is 9.69. The fourth-order valence-corrected chi connectivity index (χ4v) is 4.23. The van der Waals surface area contributed by atoms with Crippen molar-refractivity contribution < 1.29 is 18.0 Å². The van der Waals surface area contributed by atoms with Crippen LogP contribution in [-0.4, -0.2) is 68.7 Å². The highest BCUT2D eigenvalue weighted by molar-refractivity contribution is 7.89. The van der Waals surface area contributed by atoms with Crippen molar-refractivity contribution in [1.29, 1.82) is 0 Å². The van der Waals surface area contributed by atoms with Crippen molar-refractivity contribution in [3.8, 4) is 0 Å². The molecule has 2 amide bonds. The quantitative estimate of drug-likeness (QED) is 0.695. The maximum atomic E-state index is 12.8. The summed E-state index contributed by atoms with van der Waals surface area (Å²) in [5.74, 6) is -0.647. The second-order valence-electron chi connectivity index (χ2n) is 7.54. The lowest BCUT2D eigenvalue weighted by molar-refractivity contribution is -0.133. The maximum Gasteiger partial charge on any atom is 0.243 e. The number of amides is 2. The van der Waals surface area contributed by atoms with E-state index in [-0.39, 0.29) is 67.9 Å². The second-order valence-corrected chi connectivity index (χ2v) is 9.48. The van der Waals surface area contributed by atoms with Gasteiger partial charge in [-0.3, -0.25) is 9.59 Å². The number of benzene rings is 1. The van der Waals surface area contributed by atoms with E-state index in [1.54, 1.807) is 17.0 Å². The molecule has 1 saturated heterocycles. The molecule has 0 aromatic heterocycles. The number of nitrogens with one attached hydrogen (secondary N) is 1. The Morgan fingerprint density at radius 1 is 1.07 bits per heavy atom. The van der Waals surface area contributed by atoms with Crippen LogP contribution in [0.4, 0.5) is 0 Å². The summed E-state index contributed by atoms with van der Waals surface area (Å²) in [6.45, 7) is 6.94. The van der Waals surface area contributed by atoms with E-state index < -0.39 is 15.9 Å². The van der Waals surface area contributed by atoms with Gasteiger partial charge in [0.15, 0.2) is 0 Å². The van der Waals surface area contributed by atoms with Crippen LogP contribution >= 0.6 is 12.4 Å². The first kappa shape index (κ1) is 24.4. The van der Waals surface area contributed by atoms with Crippen molar-refractivity contribution >= 4 is 34.2 Å². The molecule has 2 rings (SSSR count). The molecule has 1 aliphatic heterocycles. The normalized spacial score (nSPS) is 15.6.